The van der Waals surface area contributed by atoms with Crippen molar-refractivity contribution in [2.45, 2.75) is 26.4 Å². The van der Waals surface area contributed by atoms with E-state index in [4.69, 9.17) is 13.9 Å². The van der Waals surface area contributed by atoms with Crippen LogP contribution in [-0.2, 0) is 22.6 Å². The summed E-state index contributed by atoms with van der Waals surface area (Å²) >= 11 is 0. The molecule has 1 N–H and O–H groups in total. The lowest BCUT2D eigenvalue weighted by Crippen LogP contribution is -2.28. The Hall–Kier alpha value is -0.880. The fraction of sp³-hybridized carbons (Fsp3) is 0.733. The first kappa shape index (κ1) is 17.2. The molecule has 5 nitrogen and oxygen atoms in total. The highest BCUT2D eigenvalue weighted by molar-refractivity contribution is 5.07. The van der Waals surface area contributed by atoms with Crippen LogP contribution in [0.4, 0.5) is 0 Å². The van der Waals surface area contributed by atoms with Crippen molar-refractivity contribution in [2.24, 2.45) is 0 Å². The van der Waals surface area contributed by atoms with Gasteiger partial charge >= 0.3 is 0 Å². The number of nitrogens with zero attached hydrogens (tertiary/aromatic N) is 1. The van der Waals surface area contributed by atoms with Crippen LogP contribution in [0.2, 0.25) is 0 Å². The van der Waals surface area contributed by atoms with E-state index in [1.807, 2.05) is 6.07 Å². The van der Waals surface area contributed by atoms with Crippen molar-refractivity contribution in [2.75, 3.05) is 47.1 Å². The van der Waals surface area contributed by atoms with Gasteiger partial charge in [-0.15, -0.1) is 0 Å². The Morgan fingerprint density at radius 3 is 2.55 bits per heavy atom. The average molecular weight is 284 g/mol. The van der Waals surface area contributed by atoms with Gasteiger partial charge in [0.2, 0.25) is 0 Å². The zero-order chi connectivity index (χ0) is 14.6. The molecule has 5 heteroatoms. The lowest BCUT2D eigenvalue weighted by molar-refractivity contribution is 0.124. The molecule has 1 aromatic heterocycles. The summed E-state index contributed by atoms with van der Waals surface area (Å²) in [5.41, 5.74) is 0. The topological polar surface area (TPSA) is 46.9 Å². The molecule has 0 atom stereocenters. The molecule has 0 saturated heterocycles. The van der Waals surface area contributed by atoms with Gasteiger partial charge in [0, 0.05) is 33.9 Å². The summed E-state index contributed by atoms with van der Waals surface area (Å²) < 4.78 is 16.1. The van der Waals surface area contributed by atoms with E-state index in [9.17, 15) is 0 Å². The van der Waals surface area contributed by atoms with Crippen molar-refractivity contribution in [3.63, 3.8) is 0 Å². The molecule has 1 rings (SSSR count). The molecule has 0 unspecified atom stereocenters. The van der Waals surface area contributed by atoms with Crippen LogP contribution >= 0.6 is 0 Å². The summed E-state index contributed by atoms with van der Waals surface area (Å²) in [5.74, 6) is 2.00. The maximum Gasteiger partial charge on any atom is 0.118 e. The second-order valence-corrected chi connectivity index (χ2v) is 4.76. The number of hydrogen-bond acceptors (Lipinski definition) is 5. The standard InChI is InChI=1S/C15H28N2O3/c1-4-16-12-14-6-7-15(20-14)13-17(9-11-19-3)8-5-10-18-2/h6-7,16H,4-5,8-13H2,1-3H3. The minimum atomic E-state index is 0.734. The normalized spacial score (nSPS) is 11.4. The van der Waals surface area contributed by atoms with E-state index in [0.29, 0.717) is 0 Å². The maximum absolute atomic E-state index is 5.83. The summed E-state index contributed by atoms with van der Waals surface area (Å²) in [6, 6.07) is 4.10. The van der Waals surface area contributed by atoms with Gasteiger partial charge in [0.25, 0.3) is 0 Å². The fourth-order valence-electron chi connectivity index (χ4n) is 1.99. The molecule has 20 heavy (non-hydrogen) atoms. The van der Waals surface area contributed by atoms with E-state index in [0.717, 1.165) is 63.9 Å². The first-order valence-corrected chi connectivity index (χ1v) is 7.28. The van der Waals surface area contributed by atoms with E-state index in [2.05, 4.69) is 23.2 Å². The first-order valence-electron chi connectivity index (χ1n) is 7.28. The van der Waals surface area contributed by atoms with E-state index in [-0.39, 0.29) is 0 Å². The summed E-state index contributed by atoms with van der Waals surface area (Å²) in [7, 11) is 3.47. The Balaban J connectivity index is 2.43. The van der Waals surface area contributed by atoms with Gasteiger partial charge in [0.1, 0.15) is 11.5 Å². The number of methoxy groups -OCH3 is 2. The molecule has 0 amide bonds. The van der Waals surface area contributed by atoms with Crippen LogP contribution in [0.15, 0.2) is 16.5 Å². The zero-order valence-corrected chi connectivity index (χ0v) is 13.0. The highest BCUT2D eigenvalue weighted by atomic mass is 16.5. The van der Waals surface area contributed by atoms with Crippen molar-refractivity contribution >= 4 is 0 Å². The highest BCUT2D eigenvalue weighted by Crippen LogP contribution is 2.11. The van der Waals surface area contributed by atoms with Crippen molar-refractivity contribution in [1.29, 1.82) is 0 Å². The molecule has 0 bridgehead atoms. The summed E-state index contributed by atoms with van der Waals surface area (Å²) in [4.78, 5) is 2.33. The number of nitrogens with one attached hydrogen (secondary N) is 1. The molecule has 1 heterocycles. The van der Waals surface area contributed by atoms with Crippen LogP contribution in [0.3, 0.4) is 0 Å². The molecule has 0 radical (unpaired) electrons. The average Bonchev–Trinajstić information content (AvgIpc) is 2.90. The van der Waals surface area contributed by atoms with Crippen LogP contribution in [0.1, 0.15) is 24.9 Å². The molecule has 0 aliphatic heterocycles. The summed E-state index contributed by atoms with van der Waals surface area (Å²) in [6.45, 7) is 8.06. The van der Waals surface area contributed by atoms with Crippen LogP contribution in [0.5, 0.6) is 0 Å². The van der Waals surface area contributed by atoms with Gasteiger partial charge in [0.05, 0.1) is 19.7 Å². The number of furan rings is 1. The van der Waals surface area contributed by atoms with E-state index >= 15 is 0 Å². The summed E-state index contributed by atoms with van der Waals surface area (Å²) in [5, 5.41) is 3.26. The van der Waals surface area contributed by atoms with Crippen LogP contribution < -0.4 is 5.32 Å². The fourth-order valence-corrected chi connectivity index (χ4v) is 1.99. The van der Waals surface area contributed by atoms with Gasteiger partial charge in [-0.25, -0.2) is 0 Å². The molecule has 0 fully saturated rings. The zero-order valence-electron chi connectivity index (χ0n) is 13.0. The van der Waals surface area contributed by atoms with E-state index in [1.165, 1.54) is 0 Å². The second kappa shape index (κ2) is 10.9. The molecule has 0 aliphatic carbocycles. The molecular formula is C15H28N2O3. The monoisotopic (exact) mass is 284 g/mol. The molecule has 116 valence electrons. The van der Waals surface area contributed by atoms with Crippen LogP contribution in [0, 0.1) is 0 Å². The highest BCUT2D eigenvalue weighted by Gasteiger charge is 2.09. The predicted octanol–water partition coefficient (Wildman–Crippen LogP) is 1.87. The quantitative estimate of drug-likeness (QED) is 0.594. The molecule has 0 aromatic carbocycles. The van der Waals surface area contributed by atoms with Crippen molar-refractivity contribution in [3.8, 4) is 0 Å². The van der Waals surface area contributed by atoms with Crippen molar-refractivity contribution < 1.29 is 13.9 Å². The smallest absolute Gasteiger partial charge is 0.118 e. The third kappa shape index (κ3) is 7.05. The Morgan fingerprint density at radius 1 is 1.10 bits per heavy atom. The first-order chi connectivity index (χ1) is 9.80. The Bertz CT molecular complexity index is 342. The minimum Gasteiger partial charge on any atom is -0.463 e. The second-order valence-electron chi connectivity index (χ2n) is 4.76. The lowest BCUT2D eigenvalue weighted by Gasteiger charge is -2.20. The molecule has 0 saturated carbocycles. The van der Waals surface area contributed by atoms with Gasteiger partial charge in [0.15, 0.2) is 0 Å². The van der Waals surface area contributed by atoms with Crippen molar-refractivity contribution in [3.05, 3.63) is 23.7 Å². The van der Waals surface area contributed by atoms with Crippen LogP contribution in [0.25, 0.3) is 0 Å². The van der Waals surface area contributed by atoms with Crippen LogP contribution in [-0.4, -0.2) is 52.0 Å². The van der Waals surface area contributed by atoms with Gasteiger partial charge in [-0.1, -0.05) is 6.92 Å². The molecule has 0 spiro atoms. The van der Waals surface area contributed by atoms with Gasteiger partial charge in [-0.05, 0) is 25.1 Å². The third-order valence-electron chi connectivity index (χ3n) is 3.08. The number of ether oxygens (including phenoxy) is 2. The SMILES string of the molecule is CCNCc1ccc(CN(CCCOC)CCOC)o1. The minimum absolute atomic E-state index is 0.734. The molecular weight excluding hydrogens is 256 g/mol. The Labute approximate surface area is 122 Å². The summed E-state index contributed by atoms with van der Waals surface area (Å²) in [6.07, 6.45) is 1.02. The van der Waals surface area contributed by atoms with Gasteiger partial charge < -0.3 is 19.2 Å². The third-order valence-corrected chi connectivity index (χ3v) is 3.08. The lowest BCUT2D eigenvalue weighted by atomic mass is 10.3. The number of rotatable bonds is 12. The Kier molecular flexibility index (Phi) is 9.32. The van der Waals surface area contributed by atoms with E-state index < -0.39 is 0 Å². The van der Waals surface area contributed by atoms with Crippen molar-refractivity contribution in [1.82, 2.24) is 10.2 Å². The largest absolute Gasteiger partial charge is 0.463 e. The predicted molar refractivity (Wildman–Crippen MR) is 79.7 cm³/mol. The Morgan fingerprint density at radius 2 is 1.85 bits per heavy atom. The van der Waals surface area contributed by atoms with Gasteiger partial charge in [-0.3, -0.25) is 4.90 Å². The van der Waals surface area contributed by atoms with E-state index in [1.54, 1.807) is 14.2 Å². The molecule has 1 aromatic rings. The van der Waals surface area contributed by atoms with Gasteiger partial charge in [-0.2, -0.15) is 0 Å². The molecule has 0 aliphatic rings. The number of hydrogen-bond donors (Lipinski definition) is 1. The maximum atomic E-state index is 5.83.